The van der Waals surface area contributed by atoms with Crippen LogP contribution in [-0.2, 0) is 0 Å². The van der Waals surface area contributed by atoms with E-state index in [0.717, 1.165) is 18.8 Å². The molecular weight excluding hydrogens is 212 g/mol. The molecule has 0 aliphatic heterocycles. The third kappa shape index (κ3) is 12.2. The van der Waals surface area contributed by atoms with E-state index in [9.17, 15) is 0 Å². The minimum atomic E-state index is 0.515. The van der Waals surface area contributed by atoms with E-state index in [1.165, 1.54) is 0 Å². The van der Waals surface area contributed by atoms with Crippen LogP contribution < -0.4 is 11.1 Å². The average Bonchev–Trinajstić information content (AvgIpc) is 2.30. The highest BCUT2D eigenvalue weighted by Gasteiger charge is 1.93. The number of hydrogen-bond acceptors (Lipinski definition) is 3. The summed E-state index contributed by atoms with van der Waals surface area (Å²) in [4.78, 5) is 5.90. The van der Waals surface area contributed by atoms with Gasteiger partial charge in [0.15, 0.2) is 0 Å². The first-order valence-electron chi connectivity index (χ1n) is 5.75. The summed E-state index contributed by atoms with van der Waals surface area (Å²) in [6, 6.07) is 0. The monoisotopic (exact) mass is 238 g/mol. The summed E-state index contributed by atoms with van der Waals surface area (Å²) in [7, 11) is 3.71. The highest BCUT2D eigenvalue weighted by molar-refractivity contribution is 5.53. The Bertz CT molecular complexity index is 267. The van der Waals surface area contributed by atoms with Crippen LogP contribution in [0.25, 0.3) is 0 Å². The van der Waals surface area contributed by atoms with Gasteiger partial charge >= 0.3 is 0 Å². The van der Waals surface area contributed by atoms with Gasteiger partial charge in [-0.1, -0.05) is 27.0 Å². The number of aliphatic imine (C=N–C) groups is 1. The Morgan fingerprint density at radius 2 is 2.06 bits per heavy atom. The van der Waals surface area contributed by atoms with Gasteiger partial charge in [-0.05, 0) is 12.2 Å². The number of nitrogens with zero attached hydrogens (tertiary/aromatic N) is 2. The first kappa shape index (κ1) is 17.7. The van der Waals surface area contributed by atoms with Crippen molar-refractivity contribution in [2.24, 2.45) is 10.7 Å². The predicted octanol–water partition coefficient (Wildman–Crippen LogP) is 1.73. The second-order valence-electron chi connectivity index (χ2n) is 3.16. The van der Waals surface area contributed by atoms with Gasteiger partial charge in [-0.3, -0.25) is 4.99 Å². The molecule has 3 N–H and O–H groups in total. The van der Waals surface area contributed by atoms with Crippen LogP contribution in [0.5, 0.6) is 0 Å². The maximum absolute atomic E-state index is 5.46. The number of nitrogens with one attached hydrogen (secondary N) is 1. The van der Waals surface area contributed by atoms with Gasteiger partial charge in [-0.25, -0.2) is 0 Å². The van der Waals surface area contributed by atoms with Crippen molar-refractivity contribution in [1.82, 2.24) is 10.2 Å². The molecule has 0 saturated carbocycles. The van der Waals surface area contributed by atoms with E-state index < -0.39 is 0 Å². The quantitative estimate of drug-likeness (QED) is 0.403. The second-order valence-corrected chi connectivity index (χ2v) is 3.16. The number of allylic oxidation sites excluding steroid dienone is 2. The van der Waals surface area contributed by atoms with E-state index in [-0.39, 0.29) is 0 Å². The highest BCUT2D eigenvalue weighted by Crippen LogP contribution is 1.93. The molecule has 0 aliphatic rings. The number of hydrogen-bond donors (Lipinski definition) is 2. The summed E-state index contributed by atoms with van der Waals surface area (Å²) in [5.41, 5.74) is 6.85. The van der Waals surface area contributed by atoms with Crippen LogP contribution in [0.4, 0.5) is 0 Å². The van der Waals surface area contributed by atoms with Crippen LogP contribution >= 0.6 is 0 Å². The molecular formula is C13H26N4. The van der Waals surface area contributed by atoms with Gasteiger partial charge in [0.1, 0.15) is 0 Å². The van der Waals surface area contributed by atoms with Crippen LogP contribution in [0.1, 0.15) is 13.8 Å². The van der Waals surface area contributed by atoms with Crippen LogP contribution in [0, 0.1) is 0 Å². The molecule has 0 fully saturated rings. The predicted molar refractivity (Wildman–Crippen MR) is 78.0 cm³/mol. The van der Waals surface area contributed by atoms with Crippen molar-refractivity contribution in [3.8, 4) is 0 Å². The Morgan fingerprint density at radius 3 is 2.47 bits per heavy atom. The Hall–Kier alpha value is -1.71. The van der Waals surface area contributed by atoms with Gasteiger partial charge in [0, 0.05) is 38.6 Å². The van der Waals surface area contributed by atoms with Crippen molar-refractivity contribution in [3.63, 3.8) is 0 Å². The molecule has 17 heavy (non-hydrogen) atoms. The molecule has 0 aromatic heterocycles. The number of likely N-dealkylation sites (N-methyl/N-ethyl adjacent to an activating group) is 1. The Kier molecular flexibility index (Phi) is 12.9. The van der Waals surface area contributed by atoms with Crippen LogP contribution in [-0.4, -0.2) is 38.4 Å². The second kappa shape index (κ2) is 12.4. The topological polar surface area (TPSA) is 53.6 Å². The van der Waals surface area contributed by atoms with Crippen molar-refractivity contribution in [1.29, 1.82) is 0 Å². The zero-order valence-corrected chi connectivity index (χ0v) is 11.5. The van der Waals surface area contributed by atoms with Gasteiger partial charge in [-0.2, -0.15) is 0 Å². The Morgan fingerprint density at radius 1 is 1.47 bits per heavy atom. The van der Waals surface area contributed by atoms with Gasteiger partial charge < -0.3 is 16.0 Å². The van der Waals surface area contributed by atoms with Crippen LogP contribution in [0.15, 0.2) is 41.7 Å². The fraction of sp³-hybridized carbons (Fsp3) is 0.462. The van der Waals surface area contributed by atoms with E-state index in [4.69, 9.17) is 5.73 Å². The molecule has 0 saturated heterocycles. The molecule has 0 rings (SSSR count). The lowest BCUT2D eigenvalue weighted by Crippen LogP contribution is -2.27. The maximum Gasteiger partial charge on any atom is 0.0844 e. The first-order valence-corrected chi connectivity index (χ1v) is 5.75. The summed E-state index contributed by atoms with van der Waals surface area (Å²) in [5, 5.41) is 3.19. The molecule has 0 unspecified atom stereocenters. The number of rotatable bonds is 7. The van der Waals surface area contributed by atoms with Gasteiger partial charge in [0.05, 0.1) is 6.34 Å². The molecule has 0 spiro atoms. The lowest BCUT2D eigenvalue weighted by Gasteiger charge is -2.14. The van der Waals surface area contributed by atoms with Crippen molar-refractivity contribution >= 4 is 6.34 Å². The lowest BCUT2D eigenvalue weighted by atomic mass is 10.3. The van der Waals surface area contributed by atoms with Crippen molar-refractivity contribution < 1.29 is 0 Å². The molecule has 0 aliphatic carbocycles. The number of nitrogens with two attached hydrogens (primary N) is 1. The summed E-state index contributed by atoms with van der Waals surface area (Å²) >= 11 is 0. The molecule has 0 bridgehead atoms. The standard InChI is InChI=1S/C11H20N4.C2H6/c1-5-11(8-10(2)12)14-6-7-15(4)9-13-3;1-2/h5,8-9,14H,1-2,6-7,12H2,3-4H3;1-2H3/b11-8+,13-9?;. The van der Waals surface area contributed by atoms with Crippen molar-refractivity contribution in [2.45, 2.75) is 13.8 Å². The Balaban J connectivity index is 0. The molecule has 0 atom stereocenters. The molecule has 0 aromatic rings. The molecule has 98 valence electrons. The Labute approximate surface area is 106 Å². The maximum atomic E-state index is 5.46. The SMILES string of the molecule is C=C/C(=C\C(=C)N)NCCN(C)C=NC.CC. The summed E-state index contributed by atoms with van der Waals surface area (Å²) in [6.07, 6.45) is 5.24. The molecule has 0 aromatic carbocycles. The third-order valence-corrected chi connectivity index (χ3v) is 1.67. The van der Waals surface area contributed by atoms with Crippen molar-refractivity contribution in [2.75, 3.05) is 27.2 Å². The smallest absolute Gasteiger partial charge is 0.0844 e. The fourth-order valence-corrected chi connectivity index (χ4v) is 1.01. The van der Waals surface area contributed by atoms with Crippen LogP contribution in [0.2, 0.25) is 0 Å². The average molecular weight is 238 g/mol. The van der Waals surface area contributed by atoms with E-state index in [0.29, 0.717) is 5.70 Å². The van der Waals surface area contributed by atoms with E-state index in [1.807, 2.05) is 25.8 Å². The van der Waals surface area contributed by atoms with Gasteiger partial charge in [-0.15, -0.1) is 0 Å². The summed E-state index contributed by atoms with van der Waals surface area (Å²) < 4.78 is 0. The molecule has 4 heteroatoms. The first-order chi connectivity index (χ1) is 8.10. The minimum Gasteiger partial charge on any atom is -0.399 e. The minimum absolute atomic E-state index is 0.515. The van der Waals surface area contributed by atoms with Gasteiger partial charge in [0.2, 0.25) is 0 Å². The van der Waals surface area contributed by atoms with E-state index in [2.05, 4.69) is 23.5 Å². The van der Waals surface area contributed by atoms with Crippen molar-refractivity contribution in [3.05, 3.63) is 36.7 Å². The molecule has 4 nitrogen and oxygen atoms in total. The third-order valence-electron chi connectivity index (χ3n) is 1.67. The summed E-state index contributed by atoms with van der Waals surface area (Å²) in [6.45, 7) is 12.9. The normalized spacial score (nSPS) is 10.5. The zero-order chi connectivity index (χ0) is 13.7. The molecule has 0 heterocycles. The van der Waals surface area contributed by atoms with E-state index >= 15 is 0 Å². The molecule has 0 amide bonds. The molecule has 0 radical (unpaired) electrons. The van der Waals surface area contributed by atoms with Gasteiger partial charge in [0.25, 0.3) is 0 Å². The summed E-state index contributed by atoms with van der Waals surface area (Å²) in [5.74, 6) is 0. The lowest BCUT2D eigenvalue weighted by molar-refractivity contribution is 0.510. The fourth-order valence-electron chi connectivity index (χ4n) is 1.01. The highest BCUT2D eigenvalue weighted by atomic mass is 15.1. The zero-order valence-electron chi connectivity index (χ0n) is 11.5. The van der Waals surface area contributed by atoms with E-state index in [1.54, 1.807) is 25.5 Å². The van der Waals surface area contributed by atoms with Crippen LogP contribution in [0.3, 0.4) is 0 Å². The largest absolute Gasteiger partial charge is 0.399 e.